The van der Waals surface area contributed by atoms with E-state index in [1.807, 2.05) is 60.7 Å². The third kappa shape index (κ3) is 3.51. The minimum Gasteiger partial charge on any atom is -0.491 e. The van der Waals surface area contributed by atoms with E-state index >= 15 is 0 Å². The Labute approximate surface area is 124 Å². The van der Waals surface area contributed by atoms with E-state index in [-0.39, 0.29) is 5.91 Å². The standard InChI is InChI=1S/C18H17NO2/c20-18-11-17(21-14-16-9-5-2-6-10-16)13-19(18)12-15-7-3-1-4-8-15/h1-11H,12-14H2. The molecule has 0 aromatic heterocycles. The largest absolute Gasteiger partial charge is 0.491 e. The van der Waals surface area contributed by atoms with Gasteiger partial charge in [-0.2, -0.15) is 0 Å². The Morgan fingerprint density at radius 3 is 2.19 bits per heavy atom. The average molecular weight is 279 g/mol. The summed E-state index contributed by atoms with van der Waals surface area (Å²) < 4.78 is 5.73. The summed E-state index contributed by atoms with van der Waals surface area (Å²) >= 11 is 0. The van der Waals surface area contributed by atoms with Gasteiger partial charge in [0.25, 0.3) is 5.91 Å². The maximum Gasteiger partial charge on any atom is 0.250 e. The summed E-state index contributed by atoms with van der Waals surface area (Å²) in [5.41, 5.74) is 2.23. The smallest absolute Gasteiger partial charge is 0.250 e. The normalized spacial score (nSPS) is 14.2. The summed E-state index contributed by atoms with van der Waals surface area (Å²) in [7, 11) is 0. The number of amides is 1. The molecule has 0 radical (unpaired) electrons. The van der Waals surface area contributed by atoms with Gasteiger partial charge in [-0.25, -0.2) is 0 Å². The first-order valence-corrected chi connectivity index (χ1v) is 7.01. The fourth-order valence-corrected chi connectivity index (χ4v) is 2.32. The Balaban J connectivity index is 1.55. The molecule has 2 aromatic rings. The van der Waals surface area contributed by atoms with Crippen LogP contribution >= 0.6 is 0 Å². The van der Waals surface area contributed by atoms with Crippen molar-refractivity contribution in [2.45, 2.75) is 13.2 Å². The maximum atomic E-state index is 12.0. The van der Waals surface area contributed by atoms with E-state index < -0.39 is 0 Å². The lowest BCUT2D eigenvalue weighted by atomic mass is 10.2. The Hall–Kier alpha value is -2.55. The zero-order chi connectivity index (χ0) is 14.5. The van der Waals surface area contributed by atoms with E-state index in [4.69, 9.17) is 4.74 Å². The predicted octanol–water partition coefficient (Wildman–Crippen LogP) is 3.13. The number of rotatable bonds is 5. The Morgan fingerprint density at radius 2 is 1.52 bits per heavy atom. The lowest BCUT2D eigenvalue weighted by Gasteiger charge is -2.16. The van der Waals surface area contributed by atoms with E-state index in [9.17, 15) is 4.79 Å². The fraction of sp³-hybridized carbons (Fsp3) is 0.167. The monoisotopic (exact) mass is 279 g/mol. The molecule has 21 heavy (non-hydrogen) atoms. The van der Waals surface area contributed by atoms with Gasteiger partial charge in [0, 0.05) is 12.6 Å². The number of benzene rings is 2. The Morgan fingerprint density at radius 1 is 0.905 bits per heavy atom. The van der Waals surface area contributed by atoms with Gasteiger partial charge in [0.15, 0.2) is 0 Å². The zero-order valence-electron chi connectivity index (χ0n) is 11.7. The number of carbonyl (C=O) groups excluding carboxylic acids is 1. The number of hydrogen-bond acceptors (Lipinski definition) is 2. The van der Waals surface area contributed by atoms with E-state index in [2.05, 4.69) is 0 Å². The van der Waals surface area contributed by atoms with Gasteiger partial charge in [0.1, 0.15) is 12.4 Å². The Bertz CT molecular complexity index is 635. The molecule has 1 aliphatic heterocycles. The molecule has 0 fully saturated rings. The van der Waals surface area contributed by atoms with Crippen molar-refractivity contribution in [3.63, 3.8) is 0 Å². The molecule has 0 saturated heterocycles. The minimum absolute atomic E-state index is 0.0157. The van der Waals surface area contributed by atoms with E-state index in [1.165, 1.54) is 0 Å². The first kappa shape index (κ1) is 13.4. The van der Waals surface area contributed by atoms with Crippen LogP contribution in [0.1, 0.15) is 11.1 Å². The second-order valence-electron chi connectivity index (χ2n) is 5.06. The third-order valence-corrected chi connectivity index (χ3v) is 3.43. The number of ether oxygens (including phenoxy) is 1. The molecule has 3 nitrogen and oxygen atoms in total. The summed E-state index contributed by atoms with van der Waals surface area (Å²) in [6.45, 7) is 1.66. The van der Waals surface area contributed by atoms with Gasteiger partial charge in [-0.15, -0.1) is 0 Å². The first-order chi connectivity index (χ1) is 10.3. The quantitative estimate of drug-likeness (QED) is 0.841. The van der Waals surface area contributed by atoms with Crippen LogP contribution in [0, 0.1) is 0 Å². The molecule has 1 heterocycles. The van der Waals surface area contributed by atoms with Crippen LogP contribution in [0.2, 0.25) is 0 Å². The molecule has 0 bridgehead atoms. The van der Waals surface area contributed by atoms with Gasteiger partial charge in [-0.1, -0.05) is 60.7 Å². The van der Waals surface area contributed by atoms with Gasteiger partial charge < -0.3 is 9.64 Å². The molecule has 3 heteroatoms. The second-order valence-corrected chi connectivity index (χ2v) is 5.06. The average Bonchev–Trinajstić information content (AvgIpc) is 2.87. The van der Waals surface area contributed by atoms with Gasteiger partial charge in [0.05, 0.1) is 6.54 Å². The molecule has 0 saturated carbocycles. The topological polar surface area (TPSA) is 29.5 Å². The first-order valence-electron chi connectivity index (χ1n) is 7.01. The van der Waals surface area contributed by atoms with Crippen molar-refractivity contribution in [1.82, 2.24) is 4.90 Å². The number of nitrogens with zero attached hydrogens (tertiary/aromatic N) is 1. The van der Waals surface area contributed by atoms with Crippen LogP contribution in [0.3, 0.4) is 0 Å². The molecule has 0 atom stereocenters. The molecule has 0 aliphatic carbocycles. The highest BCUT2D eigenvalue weighted by Crippen LogP contribution is 2.17. The third-order valence-electron chi connectivity index (χ3n) is 3.43. The Kier molecular flexibility index (Phi) is 4.01. The van der Waals surface area contributed by atoms with Gasteiger partial charge in [-0.3, -0.25) is 4.79 Å². The summed E-state index contributed by atoms with van der Waals surface area (Å²) in [6, 6.07) is 19.9. The summed E-state index contributed by atoms with van der Waals surface area (Å²) in [5, 5.41) is 0. The van der Waals surface area contributed by atoms with Crippen LogP contribution in [0.15, 0.2) is 72.5 Å². The molecule has 2 aromatic carbocycles. The van der Waals surface area contributed by atoms with Crippen molar-refractivity contribution in [1.29, 1.82) is 0 Å². The van der Waals surface area contributed by atoms with Crippen molar-refractivity contribution in [3.05, 3.63) is 83.6 Å². The zero-order valence-corrected chi connectivity index (χ0v) is 11.7. The number of hydrogen-bond donors (Lipinski definition) is 0. The molecule has 0 spiro atoms. The predicted molar refractivity (Wildman–Crippen MR) is 81.2 cm³/mol. The lowest BCUT2D eigenvalue weighted by Crippen LogP contribution is -2.25. The van der Waals surface area contributed by atoms with Crippen molar-refractivity contribution in [2.75, 3.05) is 6.54 Å². The second kappa shape index (κ2) is 6.27. The summed E-state index contributed by atoms with van der Waals surface area (Å²) in [6.07, 6.45) is 1.59. The highest BCUT2D eigenvalue weighted by molar-refractivity contribution is 5.90. The van der Waals surface area contributed by atoms with E-state index in [0.717, 1.165) is 16.9 Å². The van der Waals surface area contributed by atoms with E-state index in [1.54, 1.807) is 11.0 Å². The van der Waals surface area contributed by atoms with Crippen LogP contribution in [0.25, 0.3) is 0 Å². The molecule has 0 unspecified atom stereocenters. The van der Waals surface area contributed by atoms with Gasteiger partial charge in [0.2, 0.25) is 0 Å². The molecule has 1 amide bonds. The molecular weight excluding hydrogens is 262 g/mol. The maximum absolute atomic E-state index is 12.0. The highest BCUT2D eigenvalue weighted by atomic mass is 16.5. The molecule has 0 N–H and O–H groups in total. The van der Waals surface area contributed by atoms with Crippen molar-refractivity contribution < 1.29 is 9.53 Å². The number of carbonyl (C=O) groups is 1. The van der Waals surface area contributed by atoms with Crippen LogP contribution < -0.4 is 0 Å². The van der Waals surface area contributed by atoms with Gasteiger partial charge >= 0.3 is 0 Å². The summed E-state index contributed by atoms with van der Waals surface area (Å²) in [5.74, 6) is 0.752. The molecule has 106 valence electrons. The van der Waals surface area contributed by atoms with Crippen LogP contribution in [-0.2, 0) is 22.7 Å². The summed E-state index contributed by atoms with van der Waals surface area (Å²) in [4.78, 5) is 13.8. The molecule has 3 rings (SSSR count). The molecular formula is C18H17NO2. The highest BCUT2D eigenvalue weighted by Gasteiger charge is 2.22. The van der Waals surface area contributed by atoms with Crippen LogP contribution in [0.5, 0.6) is 0 Å². The van der Waals surface area contributed by atoms with Gasteiger partial charge in [-0.05, 0) is 11.1 Å². The van der Waals surface area contributed by atoms with Crippen LogP contribution in [0.4, 0.5) is 0 Å². The lowest BCUT2D eigenvalue weighted by molar-refractivity contribution is -0.125. The van der Waals surface area contributed by atoms with Crippen molar-refractivity contribution in [2.24, 2.45) is 0 Å². The van der Waals surface area contributed by atoms with Crippen LogP contribution in [-0.4, -0.2) is 17.4 Å². The van der Waals surface area contributed by atoms with E-state index in [0.29, 0.717) is 19.7 Å². The van der Waals surface area contributed by atoms with Crippen molar-refractivity contribution in [3.8, 4) is 0 Å². The minimum atomic E-state index is 0.0157. The van der Waals surface area contributed by atoms with Crippen molar-refractivity contribution >= 4 is 5.91 Å². The SMILES string of the molecule is O=C1C=C(OCc2ccccc2)CN1Cc1ccccc1. The fourth-order valence-electron chi connectivity index (χ4n) is 2.32. The molecule has 1 aliphatic rings.